The van der Waals surface area contributed by atoms with Crippen molar-refractivity contribution >= 4 is 28.9 Å². The zero-order valence-corrected chi connectivity index (χ0v) is 16.0. The molecule has 1 heterocycles. The Morgan fingerprint density at radius 1 is 1.11 bits per heavy atom. The first-order chi connectivity index (χ1) is 13.1. The largest absolute Gasteiger partial charge is 0.465 e. The van der Waals surface area contributed by atoms with Crippen molar-refractivity contribution in [2.45, 2.75) is 19.8 Å². The number of anilines is 1. The Hall–Kier alpha value is -2.99. The Balaban J connectivity index is 1.69. The number of methoxy groups -OCH3 is 1. The van der Waals surface area contributed by atoms with E-state index in [9.17, 15) is 9.59 Å². The van der Waals surface area contributed by atoms with E-state index in [4.69, 9.17) is 4.74 Å². The zero-order valence-electron chi connectivity index (χ0n) is 15.2. The molecule has 27 heavy (non-hydrogen) atoms. The van der Waals surface area contributed by atoms with Crippen molar-refractivity contribution in [3.05, 3.63) is 70.7 Å². The molecule has 0 spiro atoms. The van der Waals surface area contributed by atoms with Crippen LogP contribution in [-0.2, 0) is 22.4 Å². The number of carbonyl (C=O) groups is 2. The van der Waals surface area contributed by atoms with Gasteiger partial charge in [-0.1, -0.05) is 43.3 Å². The van der Waals surface area contributed by atoms with Crippen LogP contribution in [0.5, 0.6) is 0 Å². The number of nitrogens with zero attached hydrogens (tertiary/aromatic N) is 1. The van der Waals surface area contributed by atoms with Crippen LogP contribution in [0.2, 0.25) is 0 Å². The minimum absolute atomic E-state index is 0.138. The summed E-state index contributed by atoms with van der Waals surface area (Å²) in [4.78, 5) is 28.7. The number of thiazole rings is 1. The van der Waals surface area contributed by atoms with Gasteiger partial charge < -0.3 is 10.1 Å². The summed E-state index contributed by atoms with van der Waals surface area (Å²) in [5, 5.41) is 5.53. The maximum Gasteiger partial charge on any atom is 0.339 e. The molecule has 0 bridgehead atoms. The van der Waals surface area contributed by atoms with Gasteiger partial charge in [-0.25, -0.2) is 9.78 Å². The van der Waals surface area contributed by atoms with Crippen molar-refractivity contribution in [1.82, 2.24) is 4.98 Å². The molecular weight excluding hydrogens is 360 g/mol. The highest BCUT2D eigenvalue weighted by atomic mass is 32.1. The molecule has 0 unspecified atom stereocenters. The molecule has 0 aliphatic heterocycles. The minimum atomic E-state index is -0.489. The van der Waals surface area contributed by atoms with Gasteiger partial charge in [-0.05, 0) is 24.1 Å². The average molecular weight is 380 g/mol. The Morgan fingerprint density at radius 3 is 2.56 bits per heavy atom. The molecule has 138 valence electrons. The van der Waals surface area contributed by atoms with Crippen LogP contribution >= 0.6 is 11.3 Å². The third-order valence-electron chi connectivity index (χ3n) is 4.11. The molecule has 1 aromatic heterocycles. The fourth-order valence-electron chi connectivity index (χ4n) is 2.64. The van der Waals surface area contributed by atoms with Crippen LogP contribution in [0.4, 0.5) is 5.69 Å². The number of carbonyl (C=O) groups excluding carboxylic acids is 2. The van der Waals surface area contributed by atoms with Crippen LogP contribution in [-0.4, -0.2) is 24.0 Å². The van der Waals surface area contributed by atoms with Crippen molar-refractivity contribution in [1.29, 1.82) is 0 Å². The maximum atomic E-state index is 12.4. The number of aromatic nitrogens is 1. The van der Waals surface area contributed by atoms with Gasteiger partial charge in [0, 0.05) is 10.9 Å². The first-order valence-electron chi connectivity index (χ1n) is 8.61. The smallest absolute Gasteiger partial charge is 0.339 e. The summed E-state index contributed by atoms with van der Waals surface area (Å²) < 4.78 is 4.74. The van der Waals surface area contributed by atoms with Crippen molar-refractivity contribution in [3.8, 4) is 10.6 Å². The number of esters is 1. The molecule has 1 amide bonds. The third kappa shape index (κ3) is 4.60. The molecule has 2 aromatic carbocycles. The lowest BCUT2D eigenvalue weighted by Crippen LogP contribution is -2.17. The fourth-order valence-corrected chi connectivity index (χ4v) is 3.47. The average Bonchev–Trinajstić information content (AvgIpc) is 3.16. The van der Waals surface area contributed by atoms with Gasteiger partial charge in [0.05, 0.1) is 30.5 Å². The standard InChI is InChI=1S/C21H20N2O3S/c1-3-14-8-10-15(11-9-14)20-22-16(13-27-20)12-19(24)23-18-7-5-4-6-17(18)21(25)26-2/h4-11,13H,3,12H2,1-2H3,(H,23,24). The Labute approximate surface area is 162 Å². The van der Waals surface area contributed by atoms with E-state index in [2.05, 4.69) is 29.4 Å². The van der Waals surface area contributed by atoms with E-state index < -0.39 is 5.97 Å². The van der Waals surface area contributed by atoms with Crippen LogP contribution in [0, 0.1) is 0 Å². The first-order valence-corrected chi connectivity index (χ1v) is 9.49. The normalized spacial score (nSPS) is 10.4. The first kappa shape index (κ1) is 18.8. The molecular formula is C21H20N2O3S. The van der Waals surface area contributed by atoms with Crippen molar-refractivity contribution < 1.29 is 14.3 Å². The molecule has 0 saturated carbocycles. The van der Waals surface area contributed by atoms with E-state index >= 15 is 0 Å². The number of amides is 1. The molecule has 0 atom stereocenters. The molecule has 3 aromatic rings. The highest BCUT2D eigenvalue weighted by Gasteiger charge is 2.14. The molecule has 0 saturated heterocycles. The molecule has 6 heteroatoms. The van der Waals surface area contributed by atoms with E-state index in [1.807, 2.05) is 17.5 Å². The summed E-state index contributed by atoms with van der Waals surface area (Å²) >= 11 is 1.51. The van der Waals surface area contributed by atoms with Gasteiger partial charge in [0.15, 0.2) is 0 Å². The summed E-state index contributed by atoms with van der Waals surface area (Å²) in [7, 11) is 1.31. The van der Waals surface area contributed by atoms with Gasteiger partial charge >= 0.3 is 5.97 Å². The van der Waals surface area contributed by atoms with Crippen LogP contribution in [0.3, 0.4) is 0 Å². The zero-order chi connectivity index (χ0) is 19.2. The van der Waals surface area contributed by atoms with E-state index in [0.717, 1.165) is 17.0 Å². The summed E-state index contributed by atoms with van der Waals surface area (Å²) in [6.07, 6.45) is 1.13. The van der Waals surface area contributed by atoms with Gasteiger partial charge in [0.2, 0.25) is 5.91 Å². The number of ether oxygens (including phenoxy) is 1. The van der Waals surface area contributed by atoms with E-state index in [1.54, 1.807) is 24.3 Å². The predicted octanol–water partition coefficient (Wildman–Crippen LogP) is 4.34. The summed E-state index contributed by atoms with van der Waals surface area (Å²) in [6, 6.07) is 15.0. The summed E-state index contributed by atoms with van der Waals surface area (Å²) in [5.41, 5.74) is 3.77. The lowest BCUT2D eigenvalue weighted by atomic mass is 10.1. The molecule has 0 aliphatic rings. The van der Waals surface area contributed by atoms with Crippen molar-refractivity contribution in [2.75, 3.05) is 12.4 Å². The quantitative estimate of drug-likeness (QED) is 0.646. The number of para-hydroxylation sites is 1. The molecule has 0 aliphatic carbocycles. The number of hydrogen-bond acceptors (Lipinski definition) is 5. The van der Waals surface area contributed by atoms with E-state index in [1.165, 1.54) is 24.0 Å². The molecule has 3 rings (SSSR count). The van der Waals surface area contributed by atoms with Crippen LogP contribution in [0.1, 0.15) is 28.5 Å². The van der Waals surface area contributed by atoms with Gasteiger partial charge in [-0.2, -0.15) is 0 Å². The van der Waals surface area contributed by atoms with Gasteiger partial charge in [-0.15, -0.1) is 11.3 Å². The summed E-state index contributed by atoms with van der Waals surface area (Å²) in [5.74, 6) is -0.720. The maximum absolute atomic E-state index is 12.4. The minimum Gasteiger partial charge on any atom is -0.465 e. The highest BCUT2D eigenvalue weighted by Crippen LogP contribution is 2.25. The lowest BCUT2D eigenvalue weighted by Gasteiger charge is -2.08. The van der Waals surface area contributed by atoms with Gasteiger partial charge in [0.1, 0.15) is 5.01 Å². The Morgan fingerprint density at radius 2 is 1.85 bits per heavy atom. The highest BCUT2D eigenvalue weighted by molar-refractivity contribution is 7.13. The van der Waals surface area contributed by atoms with Crippen molar-refractivity contribution in [3.63, 3.8) is 0 Å². The second-order valence-electron chi connectivity index (χ2n) is 5.96. The van der Waals surface area contributed by atoms with Gasteiger partial charge in [0.25, 0.3) is 0 Å². The molecule has 0 fully saturated rings. The number of hydrogen-bond donors (Lipinski definition) is 1. The van der Waals surface area contributed by atoms with Gasteiger partial charge in [-0.3, -0.25) is 4.79 Å². The number of aryl methyl sites for hydroxylation is 1. The van der Waals surface area contributed by atoms with Crippen LogP contribution in [0.15, 0.2) is 53.9 Å². The predicted molar refractivity (Wildman–Crippen MR) is 107 cm³/mol. The van der Waals surface area contributed by atoms with E-state index in [0.29, 0.717) is 16.9 Å². The van der Waals surface area contributed by atoms with Crippen LogP contribution < -0.4 is 5.32 Å². The van der Waals surface area contributed by atoms with Crippen LogP contribution in [0.25, 0.3) is 10.6 Å². The van der Waals surface area contributed by atoms with E-state index in [-0.39, 0.29) is 12.3 Å². The second-order valence-corrected chi connectivity index (χ2v) is 6.81. The number of rotatable bonds is 6. The lowest BCUT2D eigenvalue weighted by molar-refractivity contribution is -0.115. The SMILES string of the molecule is CCc1ccc(-c2nc(CC(=O)Nc3ccccc3C(=O)OC)cs2)cc1. The Bertz CT molecular complexity index is 948. The number of nitrogens with one attached hydrogen (secondary N) is 1. The fraction of sp³-hybridized carbons (Fsp3) is 0.190. The topological polar surface area (TPSA) is 68.3 Å². The monoisotopic (exact) mass is 380 g/mol. The molecule has 1 N–H and O–H groups in total. The molecule has 0 radical (unpaired) electrons. The van der Waals surface area contributed by atoms with Crippen molar-refractivity contribution in [2.24, 2.45) is 0 Å². The molecule has 5 nitrogen and oxygen atoms in total. The Kier molecular flexibility index (Phi) is 5.98. The number of benzene rings is 2. The third-order valence-corrected chi connectivity index (χ3v) is 5.05. The second kappa shape index (κ2) is 8.60. The summed E-state index contributed by atoms with van der Waals surface area (Å²) in [6.45, 7) is 2.12.